The summed E-state index contributed by atoms with van der Waals surface area (Å²) in [5, 5.41) is 0. The van der Waals surface area contributed by atoms with E-state index in [-0.39, 0.29) is 11.6 Å². The Bertz CT molecular complexity index is 757. The highest BCUT2D eigenvalue weighted by Crippen LogP contribution is 2.24. The Hall–Kier alpha value is -3.08. The third-order valence-electron chi connectivity index (χ3n) is 2.92. The van der Waals surface area contributed by atoms with Gasteiger partial charge in [0.15, 0.2) is 11.5 Å². The Morgan fingerprint density at radius 1 is 1.23 bits per heavy atom. The Labute approximate surface area is 127 Å². The van der Waals surface area contributed by atoms with Gasteiger partial charge in [0.2, 0.25) is 0 Å². The Balaban J connectivity index is 1.92. The zero-order chi connectivity index (χ0) is 15.4. The Kier molecular flexibility index (Phi) is 3.87. The molecular weight excluding hydrogens is 282 g/mol. The number of carbonyl (C=O) groups is 1. The highest BCUT2D eigenvalue weighted by molar-refractivity contribution is 6.11. The van der Waals surface area contributed by atoms with Crippen molar-refractivity contribution in [3.8, 4) is 5.75 Å². The smallest absolute Gasteiger partial charge is 0.363 e. The molecule has 0 atom stereocenters. The fourth-order valence-electron chi connectivity index (χ4n) is 1.94. The maximum absolute atomic E-state index is 11.9. The summed E-state index contributed by atoms with van der Waals surface area (Å²) in [6.07, 6.45) is 4.77. The van der Waals surface area contributed by atoms with E-state index in [1.54, 1.807) is 24.3 Å². The molecule has 1 aromatic carbocycles. The molecule has 2 aromatic rings. The Morgan fingerprint density at radius 2 is 2.09 bits per heavy atom. The lowest BCUT2D eigenvalue weighted by Crippen LogP contribution is -2.04. The van der Waals surface area contributed by atoms with Crippen molar-refractivity contribution in [2.24, 2.45) is 4.99 Å². The van der Waals surface area contributed by atoms with Gasteiger partial charge >= 0.3 is 5.97 Å². The van der Waals surface area contributed by atoms with Crippen molar-refractivity contribution < 1.29 is 18.7 Å². The largest absolute Gasteiger partial charge is 0.489 e. The second-order valence-corrected chi connectivity index (χ2v) is 4.45. The van der Waals surface area contributed by atoms with Gasteiger partial charge in [-0.2, -0.15) is 0 Å². The molecule has 0 saturated carbocycles. The van der Waals surface area contributed by atoms with Gasteiger partial charge in [-0.05, 0) is 24.3 Å². The van der Waals surface area contributed by atoms with E-state index in [2.05, 4.69) is 11.6 Å². The monoisotopic (exact) mass is 295 g/mol. The number of hydrogen-bond donors (Lipinski definition) is 0. The van der Waals surface area contributed by atoms with E-state index in [9.17, 15) is 4.79 Å². The summed E-state index contributed by atoms with van der Waals surface area (Å²) in [6, 6.07) is 10.7. The molecule has 5 heteroatoms. The first kappa shape index (κ1) is 13.9. The van der Waals surface area contributed by atoms with Crippen LogP contribution < -0.4 is 4.74 Å². The standard InChI is InChI=1S/C17H13NO4/c1-2-9-20-14-7-4-3-6-12(14)11-13-17(19)22-16(18-13)15-8-5-10-21-15/h2-8,10-11H,1,9H2/b13-11-. The van der Waals surface area contributed by atoms with E-state index in [0.29, 0.717) is 18.1 Å². The molecule has 0 aliphatic carbocycles. The number of carbonyl (C=O) groups excluding carboxylic acids is 1. The lowest BCUT2D eigenvalue weighted by Gasteiger charge is -2.06. The van der Waals surface area contributed by atoms with Gasteiger partial charge in [-0.25, -0.2) is 9.79 Å². The average Bonchev–Trinajstić information content (AvgIpc) is 3.17. The third-order valence-corrected chi connectivity index (χ3v) is 2.92. The summed E-state index contributed by atoms with van der Waals surface area (Å²) in [6.45, 7) is 3.99. The van der Waals surface area contributed by atoms with Gasteiger partial charge in [-0.15, -0.1) is 0 Å². The summed E-state index contributed by atoms with van der Waals surface area (Å²) in [5.41, 5.74) is 0.932. The molecule has 0 unspecified atom stereocenters. The number of furan rings is 1. The minimum absolute atomic E-state index is 0.158. The van der Waals surface area contributed by atoms with Crippen LogP contribution in [-0.2, 0) is 9.53 Å². The molecule has 0 bridgehead atoms. The molecule has 2 heterocycles. The van der Waals surface area contributed by atoms with Crippen molar-refractivity contribution in [3.05, 3.63) is 72.3 Å². The molecule has 0 spiro atoms. The minimum Gasteiger partial charge on any atom is -0.489 e. The quantitative estimate of drug-likeness (QED) is 0.483. The first-order chi connectivity index (χ1) is 10.8. The molecule has 1 aliphatic rings. The minimum atomic E-state index is -0.523. The van der Waals surface area contributed by atoms with Crippen LogP contribution in [0, 0.1) is 0 Å². The number of hydrogen-bond acceptors (Lipinski definition) is 5. The number of aliphatic imine (C=N–C) groups is 1. The lowest BCUT2D eigenvalue weighted by molar-refractivity contribution is -0.130. The van der Waals surface area contributed by atoms with Crippen LogP contribution in [0.3, 0.4) is 0 Å². The van der Waals surface area contributed by atoms with Crippen LogP contribution in [0.1, 0.15) is 11.3 Å². The van der Waals surface area contributed by atoms with Crippen molar-refractivity contribution in [2.75, 3.05) is 6.61 Å². The third kappa shape index (κ3) is 2.83. The molecular formula is C17H13NO4. The van der Waals surface area contributed by atoms with E-state index < -0.39 is 5.97 Å². The zero-order valence-electron chi connectivity index (χ0n) is 11.7. The van der Waals surface area contributed by atoms with Crippen LogP contribution in [0.4, 0.5) is 0 Å². The maximum atomic E-state index is 11.9. The Morgan fingerprint density at radius 3 is 2.86 bits per heavy atom. The number of cyclic esters (lactones) is 1. The van der Waals surface area contributed by atoms with Crippen LogP contribution in [0.2, 0.25) is 0 Å². The highest BCUT2D eigenvalue weighted by Gasteiger charge is 2.26. The summed E-state index contributed by atoms with van der Waals surface area (Å²) < 4.78 is 15.8. The second kappa shape index (κ2) is 6.13. The molecule has 110 valence electrons. The van der Waals surface area contributed by atoms with Gasteiger partial charge in [0.05, 0.1) is 6.26 Å². The lowest BCUT2D eigenvalue weighted by atomic mass is 10.1. The number of para-hydroxylation sites is 1. The highest BCUT2D eigenvalue weighted by atomic mass is 16.6. The van der Waals surface area contributed by atoms with E-state index in [0.717, 1.165) is 5.56 Å². The summed E-state index contributed by atoms with van der Waals surface area (Å²) in [7, 11) is 0. The van der Waals surface area contributed by atoms with Crippen molar-refractivity contribution in [3.63, 3.8) is 0 Å². The second-order valence-electron chi connectivity index (χ2n) is 4.45. The van der Waals surface area contributed by atoms with Crippen LogP contribution in [0.15, 0.2) is 70.4 Å². The molecule has 0 fully saturated rings. The van der Waals surface area contributed by atoms with Gasteiger partial charge in [0.25, 0.3) is 5.90 Å². The normalized spacial score (nSPS) is 15.5. The fraction of sp³-hybridized carbons (Fsp3) is 0.0588. The molecule has 5 nitrogen and oxygen atoms in total. The molecule has 1 aliphatic heterocycles. The SMILES string of the molecule is C=CCOc1ccccc1/C=C1\N=C(c2ccco2)OC1=O. The number of esters is 1. The predicted molar refractivity (Wildman–Crippen MR) is 81.4 cm³/mol. The van der Waals surface area contributed by atoms with Gasteiger partial charge in [0.1, 0.15) is 12.4 Å². The van der Waals surface area contributed by atoms with Crippen molar-refractivity contribution in [2.45, 2.75) is 0 Å². The first-order valence-corrected chi connectivity index (χ1v) is 6.67. The van der Waals surface area contributed by atoms with E-state index in [1.165, 1.54) is 6.26 Å². The molecule has 22 heavy (non-hydrogen) atoms. The van der Waals surface area contributed by atoms with Gasteiger partial charge in [-0.3, -0.25) is 0 Å². The van der Waals surface area contributed by atoms with Crippen molar-refractivity contribution in [1.82, 2.24) is 0 Å². The van der Waals surface area contributed by atoms with Gasteiger partial charge in [0, 0.05) is 5.56 Å². The van der Waals surface area contributed by atoms with E-state index >= 15 is 0 Å². The van der Waals surface area contributed by atoms with Gasteiger partial charge < -0.3 is 13.9 Å². The van der Waals surface area contributed by atoms with E-state index in [1.807, 2.05) is 24.3 Å². The zero-order valence-corrected chi connectivity index (χ0v) is 11.7. The van der Waals surface area contributed by atoms with Gasteiger partial charge in [-0.1, -0.05) is 30.9 Å². The maximum Gasteiger partial charge on any atom is 0.363 e. The first-order valence-electron chi connectivity index (χ1n) is 6.67. The molecule has 1 aromatic heterocycles. The number of ether oxygens (including phenoxy) is 2. The topological polar surface area (TPSA) is 61.0 Å². The van der Waals surface area contributed by atoms with Crippen molar-refractivity contribution >= 4 is 17.9 Å². The summed E-state index contributed by atoms with van der Waals surface area (Å²) in [4.78, 5) is 16.1. The number of nitrogens with zero attached hydrogens (tertiary/aromatic N) is 1. The number of benzene rings is 1. The molecule has 0 amide bonds. The predicted octanol–water partition coefficient (Wildman–Crippen LogP) is 3.19. The molecule has 0 radical (unpaired) electrons. The average molecular weight is 295 g/mol. The van der Waals surface area contributed by atoms with E-state index in [4.69, 9.17) is 13.9 Å². The summed E-state index contributed by atoms with van der Waals surface area (Å²) >= 11 is 0. The fourth-order valence-corrected chi connectivity index (χ4v) is 1.94. The van der Waals surface area contributed by atoms with Crippen LogP contribution >= 0.6 is 0 Å². The van der Waals surface area contributed by atoms with Crippen molar-refractivity contribution in [1.29, 1.82) is 0 Å². The van der Waals surface area contributed by atoms with Crippen LogP contribution in [-0.4, -0.2) is 18.5 Å². The molecule has 0 saturated heterocycles. The summed E-state index contributed by atoms with van der Waals surface area (Å²) in [5.74, 6) is 0.688. The molecule has 0 N–H and O–H groups in total. The molecule has 3 rings (SSSR count). The van der Waals surface area contributed by atoms with Crippen LogP contribution in [0.5, 0.6) is 5.75 Å². The van der Waals surface area contributed by atoms with Crippen LogP contribution in [0.25, 0.3) is 6.08 Å². The number of rotatable bonds is 5.